The van der Waals surface area contributed by atoms with Crippen molar-refractivity contribution in [2.24, 2.45) is 5.92 Å². The van der Waals surface area contributed by atoms with E-state index in [1.807, 2.05) is 37.3 Å². The summed E-state index contributed by atoms with van der Waals surface area (Å²) in [5.74, 6) is -0.421. The van der Waals surface area contributed by atoms with Gasteiger partial charge in [-0.3, -0.25) is 14.4 Å². The first-order valence-electron chi connectivity index (χ1n) is 13.5. The van der Waals surface area contributed by atoms with Crippen LogP contribution in [0, 0.1) is 5.92 Å². The van der Waals surface area contributed by atoms with Gasteiger partial charge in [-0.2, -0.15) is 0 Å². The maximum absolute atomic E-state index is 13.3. The van der Waals surface area contributed by atoms with Gasteiger partial charge in [0.15, 0.2) is 0 Å². The molecular weight excluding hydrogens is 500 g/mol. The number of hydrogen-bond acceptors (Lipinski definition) is 7. The molecule has 1 heterocycles. The average Bonchev–Trinajstić information content (AvgIpc) is 3.74. The molecule has 0 spiro atoms. The van der Waals surface area contributed by atoms with Crippen molar-refractivity contribution in [2.75, 3.05) is 26.7 Å². The normalized spacial score (nSPS) is 25.9. The number of amides is 3. The molecule has 210 valence electrons. The highest BCUT2D eigenvalue weighted by Gasteiger charge is 2.38. The zero-order valence-corrected chi connectivity index (χ0v) is 22.4. The summed E-state index contributed by atoms with van der Waals surface area (Å²) < 4.78 is 6.09. The number of likely N-dealkylation sites (N-methyl/N-ethyl adjacent to an activating group) is 1. The fourth-order valence-electron chi connectivity index (χ4n) is 4.76. The second-order valence-electron chi connectivity index (χ2n) is 10.6. The van der Waals surface area contributed by atoms with Crippen LogP contribution in [0.4, 0.5) is 0 Å². The Hall–Kier alpha value is -3.63. The van der Waals surface area contributed by atoms with E-state index in [0.29, 0.717) is 17.9 Å². The molecule has 1 saturated carbocycles. The molecule has 1 aliphatic carbocycles. The highest BCUT2D eigenvalue weighted by Crippen LogP contribution is 2.33. The van der Waals surface area contributed by atoms with Gasteiger partial charge in [0.05, 0.1) is 18.7 Å². The van der Waals surface area contributed by atoms with Crippen molar-refractivity contribution in [3.8, 4) is 11.5 Å². The van der Waals surface area contributed by atoms with Crippen molar-refractivity contribution < 1.29 is 29.3 Å². The van der Waals surface area contributed by atoms with Gasteiger partial charge >= 0.3 is 0 Å². The summed E-state index contributed by atoms with van der Waals surface area (Å²) in [4.78, 5) is 40.8. The summed E-state index contributed by atoms with van der Waals surface area (Å²) in [6.45, 7) is 2.00. The Bertz CT molecular complexity index is 1160. The lowest BCUT2D eigenvalue weighted by molar-refractivity contribution is -0.137. The van der Waals surface area contributed by atoms with Crippen LogP contribution in [0.15, 0.2) is 48.5 Å². The second kappa shape index (κ2) is 12.9. The highest BCUT2D eigenvalue weighted by molar-refractivity contribution is 5.91. The number of ether oxygens (including phenoxy) is 1. The van der Waals surface area contributed by atoms with Crippen LogP contribution >= 0.6 is 0 Å². The Morgan fingerprint density at radius 3 is 2.51 bits per heavy atom. The number of nitrogens with one attached hydrogen (secondary N) is 3. The van der Waals surface area contributed by atoms with Crippen LogP contribution in [0.2, 0.25) is 0 Å². The van der Waals surface area contributed by atoms with E-state index in [1.54, 1.807) is 13.1 Å². The third kappa shape index (κ3) is 8.18. The number of carbonyl (C=O) groups excluding carboxylic acids is 3. The van der Waals surface area contributed by atoms with Crippen molar-refractivity contribution in [1.82, 2.24) is 20.9 Å². The van der Waals surface area contributed by atoms with Gasteiger partial charge in [0.2, 0.25) is 17.7 Å². The molecule has 0 radical (unpaired) electrons. The first-order valence-corrected chi connectivity index (χ1v) is 13.5. The van der Waals surface area contributed by atoms with E-state index >= 15 is 0 Å². The number of aromatic hydroxyl groups is 1. The summed E-state index contributed by atoms with van der Waals surface area (Å²) in [7, 11) is 1.58. The number of rotatable bonds is 3. The zero-order chi connectivity index (χ0) is 27.9. The molecule has 3 amide bonds. The summed E-state index contributed by atoms with van der Waals surface area (Å²) >= 11 is 0. The van der Waals surface area contributed by atoms with Crippen LogP contribution in [0.3, 0.4) is 0 Å². The Kier molecular flexibility index (Phi) is 9.42. The van der Waals surface area contributed by atoms with E-state index in [9.17, 15) is 24.6 Å². The summed E-state index contributed by atoms with van der Waals surface area (Å²) in [5, 5.41) is 29.6. The molecule has 0 saturated heterocycles. The number of carbonyl (C=O) groups is 3. The van der Waals surface area contributed by atoms with Gasteiger partial charge in [0, 0.05) is 39.0 Å². The van der Waals surface area contributed by atoms with E-state index in [1.165, 1.54) is 17.0 Å². The van der Waals surface area contributed by atoms with E-state index in [-0.39, 0.29) is 49.6 Å². The minimum Gasteiger partial charge on any atom is -0.508 e. The highest BCUT2D eigenvalue weighted by atomic mass is 16.5. The van der Waals surface area contributed by atoms with E-state index in [4.69, 9.17) is 4.74 Å². The molecular formula is C29H38N4O6. The lowest BCUT2D eigenvalue weighted by Crippen LogP contribution is -2.54. The zero-order valence-electron chi connectivity index (χ0n) is 22.4. The molecule has 10 nitrogen and oxygen atoms in total. The van der Waals surface area contributed by atoms with Gasteiger partial charge in [-0.1, -0.05) is 36.4 Å². The topological polar surface area (TPSA) is 140 Å². The number of fused-ring (bicyclic) bond motifs is 1. The predicted octanol–water partition coefficient (Wildman–Crippen LogP) is 0.747. The van der Waals surface area contributed by atoms with E-state index in [2.05, 4.69) is 16.0 Å². The number of phenols is 1. The molecule has 2 unspecified atom stereocenters. The first-order chi connectivity index (χ1) is 18.7. The lowest BCUT2D eigenvalue weighted by Gasteiger charge is -2.27. The van der Waals surface area contributed by atoms with Crippen LogP contribution in [-0.2, 0) is 27.2 Å². The molecule has 0 bridgehead atoms. The minimum atomic E-state index is -0.927. The van der Waals surface area contributed by atoms with Crippen LogP contribution in [-0.4, -0.2) is 83.8 Å². The number of benzene rings is 2. The third-order valence-electron chi connectivity index (χ3n) is 7.02. The van der Waals surface area contributed by atoms with Gasteiger partial charge in [-0.05, 0) is 42.9 Å². The quantitative estimate of drug-likeness (QED) is 0.388. The summed E-state index contributed by atoms with van der Waals surface area (Å²) in [5.41, 5.74) is 1.54. The van der Waals surface area contributed by atoms with Gasteiger partial charge in [-0.15, -0.1) is 0 Å². The Morgan fingerprint density at radius 1 is 1.05 bits per heavy atom. The van der Waals surface area contributed by atoms with Gasteiger partial charge in [0.1, 0.15) is 23.6 Å². The van der Waals surface area contributed by atoms with E-state index < -0.39 is 30.0 Å². The van der Waals surface area contributed by atoms with Crippen molar-refractivity contribution in [1.29, 1.82) is 0 Å². The van der Waals surface area contributed by atoms with Crippen LogP contribution in [0.1, 0.15) is 30.9 Å². The van der Waals surface area contributed by atoms with Crippen LogP contribution in [0.25, 0.3) is 0 Å². The van der Waals surface area contributed by atoms with Gasteiger partial charge in [-0.25, -0.2) is 0 Å². The number of hydrogen-bond donors (Lipinski definition) is 5. The number of β-amino-alcohol motifs (C(OH)–C–C–N with tert-alkyl or cyclic N) is 1. The fraction of sp³-hybridized carbons (Fsp3) is 0.483. The molecule has 39 heavy (non-hydrogen) atoms. The van der Waals surface area contributed by atoms with Crippen molar-refractivity contribution in [3.63, 3.8) is 0 Å². The predicted molar refractivity (Wildman–Crippen MR) is 145 cm³/mol. The van der Waals surface area contributed by atoms with Crippen LogP contribution < -0.4 is 20.7 Å². The molecule has 5 N–H and O–H groups in total. The minimum absolute atomic E-state index is 0.0333. The lowest BCUT2D eigenvalue weighted by atomic mass is 10.0. The summed E-state index contributed by atoms with van der Waals surface area (Å²) in [6, 6.07) is 12.7. The molecule has 0 aromatic heterocycles. The smallest absolute Gasteiger partial charge is 0.243 e. The number of aliphatic hydroxyl groups is 1. The summed E-state index contributed by atoms with van der Waals surface area (Å²) in [6.07, 6.45) is 1.01. The number of aliphatic hydroxyl groups excluding tert-OH is 1. The Morgan fingerprint density at radius 2 is 1.79 bits per heavy atom. The monoisotopic (exact) mass is 538 g/mol. The van der Waals surface area contributed by atoms with Crippen molar-refractivity contribution in [2.45, 2.75) is 56.9 Å². The SMILES string of the molecule is C[C@@H]1CNC(C2CC2)C(=O)N(C)CC(=O)N[C@H](Cc2ccccc2)C(=O)NCC(O)Cc2ccc(O)cc2O1. The molecule has 1 aliphatic heterocycles. The average molecular weight is 539 g/mol. The standard InChI is InChI=1S/C29H38N4O6/c1-18-15-30-27(20-8-9-20)29(38)33(2)17-26(36)32-24(12-19-6-4-3-5-7-19)28(37)31-16-23(35)13-21-10-11-22(34)14-25(21)39-18/h3-7,10-11,14,18,20,23-24,27,30,34-35H,8-9,12-13,15-17H2,1-2H3,(H,31,37)(H,32,36)/t18-,23?,24-,27?/m1/s1. The molecule has 10 heteroatoms. The molecule has 2 aromatic rings. The molecule has 4 rings (SSSR count). The second-order valence-corrected chi connectivity index (χ2v) is 10.6. The Labute approximate surface area is 228 Å². The Balaban J connectivity index is 1.57. The molecule has 4 atom stereocenters. The molecule has 2 aromatic carbocycles. The van der Waals surface area contributed by atoms with Crippen molar-refractivity contribution in [3.05, 3.63) is 59.7 Å². The number of phenolic OH excluding ortho intramolecular Hbond substituents is 1. The molecule has 1 fully saturated rings. The fourth-order valence-corrected chi connectivity index (χ4v) is 4.76. The van der Waals surface area contributed by atoms with E-state index in [0.717, 1.165) is 18.4 Å². The van der Waals surface area contributed by atoms with Gasteiger partial charge < -0.3 is 35.8 Å². The van der Waals surface area contributed by atoms with Gasteiger partial charge in [0.25, 0.3) is 0 Å². The van der Waals surface area contributed by atoms with Crippen LogP contribution in [0.5, 0.6) is 11.5 Å². The largest absolute Gasteiger partial charge is 0.508 e. The first kappa shape index (κ1) is 28.4. The maximum Gasteiger partial charge on any atom is 0.243 e. The maximum atomic E-state index is 13.3. The molecule has 2 aliphatic rings. The third-order valence-corrected chi connectivity index (χ3v) is 7.02. The van der Waals surface area contributed by atoms with Crippen molar-refractivity contribution >= 4 is 17.7 Å². The number of nitrogens with zero attached hydrogens (tertiary/aromatic N) is 1.